The first-order valence-corrected chi connectivity index (χ1v) is 8.05. The van der Waals surface area contributed by atoms with Gasteiger partial charge in [-0.2, -0.15) is 36.5 Å². The molecule has 1 aliphatic heterocycles. The molecule has 30 heavy (non-hydrogen) atoms. The summed E-state index contributed by atoms with van der Waals surface area (Å²) < 4.78 is 92.3. The Balaban J connectivity index is 2.03. The zero-order valence-electron chi connectivity index (χ0n) is 14.5. The lowest BCUT2D eigenvalue weighted by Crippen LogP contribution is -2.50. The number of urea groups is 1. The summed E-state index contributed by atoms with van der Waals surface area (Å²) in [5, 5.41) is 16.5. The Labute approximate surface area is 163 Å². The van der Waals surface area contributed by atoms with E-state index in [-0.39, 0.29) is 17.8 Å². The Morgan fingerprint density at radius 1 is 1.10 bits per heavy atom. The third kappa shape index (κ3) is 3.56. The van der Waals surface area contributed by atoms with Gasteiger partial charge in [0.1, 0.15) is 0 Å². The van der Waals surface area contributed by atoms with E-state index in [2.05, 4.69) is 15.4 Å². The number of hydrogen-bond donors (Lipinski definition) is 2. The number of amides is 2. The van der Waals surface area contributed by atoms with Crippen molar-refractivity contribution in [2.75, 3.05) is 5.32 Å². The van der Waals surface area contributed by atoms with E-state index in [0.717, 1.165) is 6.21 Å². The van der Waals surface area contributed by atoms with E-state index in [4.69, 9.17) is 0 Å². The number of aliphatic hydroxyl groups is 1. The number of hydrogen-bond acceptors (Lipinski definition) is 4. The molecule has 0 bridgehead atoms. The van der Waals surface area contributed by atoms with Crippen molar-refractivity contribution in [3.63, 3.8) is 0 Å². The molecule has 13 heteroatoms. The third-order valence-electron chi connectivity index (χ3n) is 4.21. The third-order valence-corrected chi connectivity index (χ3v) is 4.21. The molecule has 2 N–H and O–H groups in total. The van der Waals surface area contributed by atoms with Crippen molar-refractivity contribution in [1.29, 1.82) is 0 Å². The molecule has 0 radical (unpaired) electrons. The smallest absolute Gasteiger partial charge is 0.368 e. The van der Waals surface area contributed by atoms with E-state index >= 15 is 0 Å². The summed E-state index contributed by atoms with van der Waals surface area (Å²) in [5.41, 5.74) is -8.00. The van der Waals surface area contributed by atoms with Crippen molar-refractivity contribution in [3.8, 4) is 0 Å². The summed E-state index contributed by atoms with van der Waals surface area (Å²) in [7, 11) is 0. The molecule has 2 amide bonds. The molecule has 160 valence electrons. The second kappa shape index (κ2) is 7.23. The van der Waals surface area contributed by atoms with Crippen LogP contribution in [0.25, 0.3) is 0 Å². The van der Waals surface area contributed by atoms with Gasteiger partial charge in [0.15, 0.2) is 6.23 Å². The second-order valence-corrected chi connectivity index (χ2v) is 6.14. The first-order chi connectivity index (χ1) is 13.9. The van der Waals surface area contributed by atoms with Crippen LogP contribution in [0, 0.1) is 0 Å². The number of halogens is 7. The molecule has 6 nitrogen and oxygen atoms in total. The number of pyridine rings is 1. The molecule has 0 saturated carbocycles. The number of fused-ring (bicyclic) bond motifs is 1. The van der Waals surface area contributed by atoms with E-state index in [9.17, 15) is 40.6 Å². The normalized spacial score (nSPS) is 17.8. The lowest BCUT2D eigenvalue weighted by Gasteiger charge is -2.34. The summed E-state index contributed by atoms with van der Waals surface area (Å²) in [5.74, 6) is 0. The average molecular weight is 436 g/mol. The van der Waals surface area contributed by atoms with Crippen molar-refractivity contribution in [2.24, 2.45) is 5.10 Å². The lowest BCUT2D eigenvalue weighted by atomic mass is 9.91. The van der Waals surface area contributed by atoms with Gasteiger partial charge in [-0.25, -0.2) is 9.18 Å². The van der Waals surface area contributed by atoms with E-state index in [1.54, 1.807) is 0 Å². The average Bonchev–Trinajstić information content (AvgIpc) is 2.66. The van der Waals surface area contributed by atoms with Crippen LogP contribution in [0.5, 0.6) is 0 Å². The Morgan fingerprint density at radius 3 is 2.33 bits per heavy atom. The van der Waals surface area contributed by atoms with Crippen LogP contribution in [0.15, 0.2) is 47.8 Å². The van der Waals surface area contributed by atoms with Crippen molar-refractivity contribution in [3.05, 3.63) is 59.4 Å². The predicted molar refractivity (Wildman–Crippen MR) is 89.0 cm³/mol. The standard InChI is InChI=1S/C17H11F7N4O2/c18-15(16(19,20)21,17(22,23)24)10-3-4-12-11(6-10)13(29)28(14(30)27-12)26-8-9-2-1-5-25-7-9/h1-8,13,29H,(H,27,30). The van der Waals surface area contributed by atoms with Gasteiger partial charge in [0.05, 0.1) is 11.9 Å². The highest BCUT2D eigenvalue weighted by Crippen LogP contribution is 2.54. The predicted octanol–water partition coefficient (Wildman–Crippen LogP) is 4.24. The maximum absolute atomic E-state index is 14.3. The van der Waals surface area contributed by atoms with Gasteiger partial charge in [0, 0.05) is 29.1 Å². The number of rotatable bonds is 3. The Kier molecular flexibility index (Phi) is 5.18. The molecule has 0 fully saturated rings. The molecule has 1 unspecified atom stereocenters. The number of nitrogens with zero attached hydrogens (tertiary/aromatic N) is 3. The lowest BCUT2D eigenvalue weighted by molar-refractivity contribution is -0.348. The highest BCUT2D eigenvalue weighted by atomic mass is 19.4. The van der Waals surface area contributed by atoms with E-state index in [1.165, 1.54) is 24.5 Å². The Morgan fingerprint density at radius 2 is 1.77 bits per heavy atom. The number of alkyl halides is 7. The molecule has 3 rings (SSSR count). The maximum Gasteiger partial charge on any atom is 0.435 e. The van der Waals surface area contributed by atoms with Crippen LogP contribution in [0.3, 0.4) is 0 Å². The first-order valence-electron chi connectivity index (χ1n) is 8.05. The van der Waals surface area contributed by atoms with Gasteiger partial charge >= 0.3 is 24.1 Å². The summed E-state index contributed by atoms with van der Waals surface area (Å²) in [6, 6.07) is 3.11. The van der Waals surface area contributed by atoms with Gasteiger partial charge in [-0.15, -0.1) is 0 Å². The van der Waals surface area contributed by atoms with Gasteiger partial charge in [0.25, 0.3) is 0 Å². The van der Waals surface area contributed by atoms with Crippen LogP contribution in [-0.2, 0) is 5.67 Å². The van der Waals surface area contributed by atoms with Crippen LogP contribution in [0.1, 0.15) is 22.9 Å². The quantitative estimate of drug-likeness (QED) is 0.558. The van der Waals surface area contributed by atoms with Crippen molar-refractivity contribution in [2.45, 2.75) is 24.2 Å². The van der Waals surface area contributed by atoms with Crippen LogP contribution in [0.4, 0.5) is 41.2 Å². The molecule has 1 aromatic heterocycles. The number of nitrogens with one attached hydrogen (secondary N) is 1. The molecule has 0 spiro atoms. The summed E-state index contributed by atoms with van der Waals surface area (Å²) >= 11 is 0. The fourth-order valence-electron chi connectivity index (χ4n) is 2.70. The highest BCUT2D eigenvalue weighted by molar-refractivity contribution is 5.93. The highest BCUT2D eigenvalue weighted by Gasteiger charge is 2.73. The second-order valence-electron chi connectivity index (χ2n) is 6.14. The van der Waals surface area contributed by atoms with Crippen LogP contribution < -0.4 is 5.32 Å². The minimum absolute atomic E-state index is 0.188. The largest absolute Gasteiger partial charge is 0.435 e. The fraction of sp³-hybridized carbons (Fsp3) is 0.235. The Hall–Kier alpha value is -3.22. The molecule has 0 aliphatic carbocycles. The van der Waals surface area contributed by atoms with Crippen LogP contribution in [0.2, 0.25) is 0 Å². The van der Waals surface area contributed by atoms with Crippen molar-refractivity contribution in [1.82, 2.24) is 9.99 Å². The maximum atomic E-state index is 14.3. The topological polar surface area (TPSA) is 77.8 Å². The summed E-state index contributed by atoms with van der Waals surface area (Å²) in [4.78, 5) is 15.9. The minimum Gasteiger partial charge on any atom is -0.368 e. The molecule has 0 saturated heterocycles. The van der Waals surface area contributed by atoms with Gasteiger partial charge in [-0.05, 0) is 18.2 Å². The van der Waals surface area contributed by atoms with E-state index in [1.807, 2.05) is 0 Å². The van der Waals surface area contributed by atoms with Gasteiger partial charge in [0.2, 0.25) is 0 Å². The molecule has 1 aromatic carbocycles. The number of anilines is 1. The summed E-state index contributed by atoms with van der Waals surface area (Å²) in [6.45, 7) is 0. The van der Waals surface area contributed by atoms with Crippen molar-refractivity contribution < 1.29 is 40.6 Å². The number of carbonyl (C=O) groups is 1. The molecule has 1 atom stereocenters. The number of aliphatic hydroxyl groups excluding tert-OH is 1. The zero-order valence-corrected chi connectivity index (χ0v) is 14.5. The SMILES string of the molecule is O=C1Nc2ccc(C(F)(C(F)(F)F)C(F)(F)F)cc2C(O)N1N=Cc1cccnc1. The van der Waals surface area contributed by atoms with Crippen molar-refractivity contribution >= 4 is 17.9 Å². The monoisotopic (exact) mass is 436 g/mol. The first kappa shape index (κ1) is 21.5. The molecule has 2 aromatic rings. The number of benzene rings is 1. The van der Waals surface area contributed by atoms with E-state index < -0.39 is 41.4 Å². The van der Waals surface area contributed by atoms with Crippen LogP contribution >= 0.6 is 0 Å². The molecule has 2 heterocycles. The number of carbonyl (C=O) groups excluding carboxylic acids is 1. The molecular weight excluding hydrogens is 425 g/mol. The fourth-order valence-corrected chi connectivity index (χ4v) is 2.70. The number of hydrazone groups is 1. The van der Waals surface area contributed by atoms with Gasteiger partial charge in [-0.1, -0.05) is 12.1 Å². The summed E-state index contributed by atoms with van der Waals surface area (Å²) in [6.07, 6.45) is -10.8. The molecule has 1 aliphatic rings. The van der Waals surface area contributed by atoms with Gasteiger partial charge < -0.3 is 10.4 Å². The van der Waals surface area contributed by atoms with Crippen LogP contribution in [-0.4, -0.2) is 39.7 Å². The zero-order chi connectivity index (χ0) is 22.3. The minimum atomic E-state index is -6.32. The van der Waals surface area contributed by atoms with E-state index in [0.29, 0.717) is 16.6 Å². The van der Waals surface area contributed by atoms with Gasteiger partial charge in [-0.3, -0.25) is 4.98 Å². The Bertz CT molecular complexity index is 962. The number of aromatic nitrogens is 1. The molecular formula is C17H11F7N4O2.